The van der Waals surface area contributed by atoms with Crippen molar-refractivity contribution in [2.24, 2.45) is 5.92 Å². The Labute approximate surface area is 195 Å². The van der Waals surface area contributed by atoms with Crippen LogP contribution in [0.5, 0.6) is 5.75 Å². The molecule has 5 nitrogen and oxygen atoms in total. The van der Waals surface area contributed by atoms with E-state index in [0.717, 1.165) is 65.0 Å². The van der Waals surface area contributed by atoms with Crippen LogP contribution in [0.4, 0.5) is 5.00 Å². The fourth-order valence-corrected chi connectivity index (χ4v) is 7.20. The van der Waals surface area contributed by atoms with Gasteiger partial charge >= 0.3 is 5.97 Å². The van der Waals surface area contributed by atoms with Gasteiger partial charge in [-0.25, -0.2) is 4.79 Å². The maximum absolute atomic E-state index is 13.3. The largest absolute Gasteiger partial charge is 0.497 e. The monoisotopic (exact) mass is 467 g/mol. The van der Waals surface area contributed by atoms with E-state index in [0.29, 0.717) is 16.5 Å². The van der Waals surface area contributed by atoms with Crippen molar-refractivity contribution in [1.82, 2.24) is 0 Å². The summed E-state index contributed by atoms with van der Waals surface area (Å²) in [5.41, 5.74) is 5.38. The summed E-state index contributed by atoms with van der Waals surface area (Å²) < 4.78 is 10.5. The number of esters is 1. The highest BCUT2D eigenvalue weighted by molar-refractivity contribution is 7.17. The SMILES string of the molecule is COC(=O)c1c(NC(=O)c2csc3c2CC[C@@H](C)C3)sc2c1-c1ccc(OC)cc1CC2. The Kier molecular flexibility index (Phi) is 5.55. The Hall–Kier alpha value is -2.64. The molecule has 1 amide bonds. The van der Waals surface area contributed by atoms with Gasteiger partial charge in [0.2, 0.25) is 0 Å². The summed E-state index contributed by atoms with van der Waals surface area (Å²) in [6.45, 7) is 2.26. The molecule has 0 fully saturated rings. The highest BCUT2D eigenvalue weighted by atomic mass is 32.1. The molecule has 1 N–H and O–H groups in total. The van der Waals surface area contributed by atoms with E-state index in [-0.39, 0.29) is 5.91 Å². The van der Waals surface area contributed by atoms with Crippen molar-refractivity contribution in [2.45, 2.75) is 39.0 Å². The highest BCUT2D eigenvalue weighted by Crippen LogP contribution is 2.46. The second-order valence-electron chi connectivity index (χ2n) is 8.47. The van der Waals surface area contributed by atoms with Crippen molar-refractivity contribution in [3.05, 3.63) is 55.6 Å². The third kappa shape index (κ3) is 3.53. The molecule has 0 saturated carbocycles. The predicted octanol–water partition coefficient (Wildman–Crippen LogP) is 5.75. The van der Waals surface area contributed by atoms with Crippen molar-refractivity contribution in [2.75, 3.05) is 19.5 Å². The van der Waals surface area contributed by atoms with Crippen LogP contribution < -0.4 is 10.1 Å². The number of carbonyl (C=O) groups is 2. The number of carbonyl (C=O) groups excluding carboxylic acids is 2. The molecule has 0 aliphatic heterocycles. The molecule has 7 heteroatoms. The molecule has 0 saturated heterocycles. The van der Waals surface area contributed by atoms with Crippen LogP contribution in [-0.4, -0.2) is 26.1 Å². The topological polar surface area (TPSA) is 64.6 Å². The van der Waals surface area contributed by atoms with Gasteiger partial charge in [0.25, 0.3) is 5.91 Å². The molecular weight excluding hydrogens is 442 g/mol. The highest BCUT2D eigenvalue weighted by Gasteiger charge is 2.31. The minimum absolute atomic E-state index is 0.143. The molecule has 1 atom stereocenters. The van der Waals surface area contributed by atoms with E-state index >= 15 is 0 Å². The Morgan fingerprint density at radius 3 is 2.75 bits per heavy atom. The molecule has 3 aromatic rings. The maximum Gasteiger partial charge on any atom is 0.341 e. The number of ether oxygens (including phenoxy) is 2. The van der Waals surface area contributed by atoms with Gasteiger partial charge in [-0.1, -0.05) is 13.0 Å². The number of hydrogen-bond acceptors (Lipinski definition) is 6. The van der Waals surface area contributed by atoms with E-state index in [4.69, 9.17) is 9.47 Å². The molecule has 2 aliphatic rings. The number of nitrogens with one attached hydrogen (secondary N) is 1. The first kappa shape index (κ1) is 21.2. The van der Waals surface area contributed by atoms with Crippen LogP contribution in [0, 0.1) is 5.92 Å². The van der Waals surface area contributed by atoms with Crippen LogP contribution in [0.1, 0.15) is 54.9 Å². The van der Waals surface area contributed by atoms with E-state index in [2.05, 4.69) is 12.2 Å². The molecule has 1 aromatic carbocycles. The zero-order valence-corrected chi connectivity index (χ0v) is 20.0. The summed E-state index contributed by atoms with van der Waals surface area (Å²) in [6.07, 6.45) is 4.75. The lowest BCUT2D eigenvalue weighted by molar-refractivity contribution is 0.0603. The molecule has 2 aromatic heterocycles. The average Bonchev–Trinajstić information content (AvgIpc) is 3.38. The lowest BCUT2D eigenvalue weighted by Crippen LogP contribution is -2.17. The number of fused-ring (bicyclic) bond motifs is 4. The number of anilines is 1. The van der Waals surface area contributed by atoms with Gasteiger partial charge in [-0.05, 0) is 66.8 Å². The predicted molar refractivity (Wildman–Crippen MR) is 129 cm³/mol. The number of aryl methyl sites for hydroxylation is 2. The smallest absolute Gasteiger partial charge is 0.341 e. The Bertz CT molecular complexity index is 1220. The lowest BCUT2D eigenvalue weighted by atomic mass is 9.88. The zero-order chi connectivity index (χ0) is 22.4. The Morgan fingerprint density at radius 1 is 1.12 bits per heavy atom. The second-order valence-corrected chi connectivity index (χ2v) is 10.5. The fraction of sp³-hybridized carbons (Fsp3) is 0.360. The molecule has 0 unspecified atom stereocenters. The number of hydrogen-bond donors (Lipinski definition) is 1. The first-order chi connectivity index (χ1) is 15.5. The van der Waals surface area contributed by atoms with Crippen molar-refractivity contribution in [3.8, 4) is 16.9 Å². The Balaban J connectivity index is 1.54. The van der Waals surface area contributed by atoms with Crippen LogP contribution >= 0.6 is 22.7 Å². The Morgan fingerprint density at radius 2 is 1.97 bits per heavy atom. The van der Waals surface area contributed by atoms with E-state index in [9.17, 15) is 9.59 Å². The molecule has 0 radical (unpaired) electrons. The lowest BCUT2D eigenvalue weighted by Gasteiger charge is -2.19. The summed E-state index contributed by atoms with van der Waals surface area (Å²) in [6, 6.07) is 5.92. The van der Waals surface area contributed by atoms with Gasteiger partial charge in [0.1, 0.15) is 16.3 Å². The second kappa shape index (κ2) is 8.37. The van der Waals surface area contributed by atoms with Crippen LogP contribution in [0.25, 0.3) is 11.1 Å². The van der Waals surface area contributed by atoms with Gasteiger partial charge in [-0.3, -0.25) is 4.79 Å². The van der Waals surface area contributed by atoms with E-state index in [1.165, 1.54) is 28.9 Å². The van der Waals surface area contributed by atoms with Crippen molar-refractivity contribution >= 4 is 39.6 Å². The minimum Gasteiger partial charge on any atom is -0.497 e. The third-order valence-electron chi connectivity index (χ3n) is 6.45. The van der Waals surface area contributed by atoms with Gasteiger partial charge in [-0.15, -0.1) is 22.7 Å². The maximum atomic E-state index is 13.3. The van der Waals surface area contributed by atoms with Gasteiger partial charge < -0.3 is 14.8 Å². The fourth-order valence-electron chi connectivity index (χ4n) is 4.76. The van der Waals surface area contributed by atoms with Crippen LogP contribution in [-0.2, 0) is 30.4 Å². The van der Waals surface area contributed by atoms with Gasteiger partial charge in [-0.2, -0.15) is 0 Å². The van der Waals surface area contributed by atoms with Gasteiger partial charge in [0.15, 0.2) is 0 Å². The van der Waals surface area contributed by atoms with Gasteiger partial charge in [0, 0.05) is 20.7 Å². The number of methoxy groups -OCH3 is 2. The van der Waals surface area contributed by atoms with Crippen molar-refractivity contribution < 1.29 is 19.1 Å². The molecule has 0 bridgehead atoms. The van der Waals surface area contributed by atoms with Crippen molar-refractivity contribution in [1.29, 1.82) is 0 Å². The summed E-state index contributed by atoms with van der Waals surface area (Å²) in [5, 5.41) is 5.59. The number of rotatable bonds is 4. The number of amides is 1. The van der Waals surface area contributed by atoms with Gasteiger partial charge in [0.05, 0.1) is 19.8 Å². The molecule has 2 aliphatic carbocycles. The first-order valence-corrected chi connectivity index (χ1v) is 12.5. The summed E-state index contributed by atoms with van der Waals surface area (Å²) in [4.78, 5) is 28.5. The number of thiophene rings is 2. The first-order valence-electron chi connectivity index (χ1n) is 10.8. The minimum atomic E-state index is -0.428. The molecule has 0 spiro atoms. The zero-order valence-electron chi connectivity index (χ0n) is 18.4. The van der Waals surface area contributed by atoms with E-state index in [1.54, 1.807) is 18.4 Å². The summed E-state index contributed by atoms with van der Waals surface area (Å²) >= 11 is 3.15. The van der Waals surface area contributed by atoms with Crippen molar-refractivity contribution in [3.63, 3.8) is 0 Å². The summed E-state index contributed by atoms with van der Waals surface area (Å²) in [5.74, 6) is 0.885. The van der Waals surface area contributed by atoms with Crippen LogP contribution in [0.2, 0.25) is 0 Å². The molecular formula is C25H25NO4S2. The third-order valence-corrected chi connectivity index (χ3v) is 8.66. The quantitative estimate of drug-likeness (QED) is 0.497. The molecule has 2 heterocycles. The van der Waals surface area contributed by atoms with E-state index < -0.39 is 5.97 Å². The molecule has 32 heavy (non-hydrogen) atoms. The van der Waals surface area contributed by atoms with Crippen LogP contribution in [0.3, 0.4) is 0 Å². The van der Waals surface area contributed by atoms with Crippen LogP contribution in [0.15, 0.2) is 23.6 Å². The summed E-state index contributed by atoms with van der Waals surface area (Å²) in [7, 11) is 3.03. The standard InChI is InChI=1S/C25H25NO4S2/c1-13-4-7-17-18(12-31-20(17)10-13)23(27)26-24-22(25(28)30-3)21-16-8-6-15(29-2)11-14(16)5-9-19(21)32-24/h6,8,11-13H,4-5,7,9-10H2,1-3H3,(H,26,27)/t13-/m1/s1. The number of benzene rings is 1. The normalized spacial score (nSPS) is 16.5. The molecule has 166 valence electrons. The average molecular weight is 468 g/mol. The van der Waals surface area contributed by atoms with E-state index in [1.807, 2.05) is 23.6 Å². The molecule has 5 rings (SSSR count).